The van der Waals surface area contributed by atoms with Gasteiger partial charge in [0.05, 0.1) is 19.2 Å². The molecule has 17 nitrogen and oxygen atoms in total. The van der Waals surface area contributed by atoms with Gasteiger partial charge < -0.3 is 44.2 Å². The van der Waals surface area contributed by atoms with Crippen molar-refractivity contribution in [3.8, 4) is 0 Å². The molecule has 4 saturated heterocycles. The van der Waals surface area contributed by atoms with Crippen LogP contribution in [0.25, 0.3) is 6.08 Å². The first-order valence-electron chi connectivity index (χ1n) is 23.4. The van der Waals surface area contributed by atoms with E-state index in [-0.39, 0.29) is 52.0 Å². The molecule has 8 atom stereocenters. The Labute approximate surface area is 381 Å². The zero-order valence-corrected chi connectivity index (χ0v) is 39.0. The van der Waals surface area contributed by atoms with Crippen LogP contribution in [0.5, 0.6) is 0 Å². The third-order valence-corrected chi connectivity index (χ3v) is 12.8. The van der Waals surface area contributed by atoms with Crippen LogP contribution in [0.15, 0.2) is 30.3 Å². The first-order chi connectivity index (χ1) is 30.8. The fraction of sp³-hybridized carbons (Fsp3) is 0.708. The highest BCUT2D eigenvalue weighted by atomic mass is 16.8. The Morgan fingerprint density at radius 2 is 1.63 bits per heavy atom. The Hall–Kier alpha value is -4.42. The van der Waals surface area contributed by atoms with Gasteiger partial charge >= 0.3 is 23.9 Å². The molecule has 1 aliphatic carbocycles. The summed E-state index contributed by atoms with van der Waals surface area (Å²) in [5.41, 5.74) is -1.36. The molecule has 2 bridgehead atoms. The number of carbonyl (C=O) groups excluding carboxylic acids is 6. The minimum Gasteiger partial charge on any atom is -0.462 e. The van der Waals surface area contributed by atoms with Crippen molar-refractivity contribution in [2.24, 2.45) is 10.8 Å². The van der Waals surface area contributed by atoms with Crippen LogP contribution in [0.1, 0.15) is 137 Å². The maximum atomic E-state index is 14.8. The molecule has 2 unspecified atom stereocenters. The maximum Gasteiger partial charge on any atom is 0.348 e. The number of aliphatic hydroxyl groups is 1. The van der Waals surface area contributed by atoms with Crippen LogP contribution in [0, 0.1) is 10.8 Å². The lowest BCUT2D eigenvalue weighted by molar-refractivity contribution is -0.224. The number of aliphatic hydroxyl groups excluding tert-OH is 1. The maximum absolute atomic E-state index is 14.8. The second-order valence-corrected chi connectivity index (χ2v) is 19.8. The summed E-state index contributed by atoms with van der Waals surface area (Å²) in [6.45, 7) is 12.9. The molecule has 5 fully saturated rings. The van der Waals surface area contributed by atoms with E-state index in [1.54, 1.807) is 52.8 Å². The number of fused-ring (bicyclic) bond motifs is 4. The molecule has 6 rings (SSSR count). The summed E-state index contributed by atoms with van der Waals surface area (Å²) < 4.78 is 35.8. The zero-order valence-electron chi connectivity index (χ0n) is 39.0. The predicted molar refractivity (Wildman–Crippen MR) is 234 cm³/mol. The number of hydrogen-bond acceptors (Lipinski definition) is 15. The largest absolute Gasteiger partial charge is 0.462 e. The highest BCUT2D eigenvalue weighted by Crippen LogP contribution is 2.58. The van der Waals surface area contributed by atoms with Crippen molar-refractivity contribution in [1.82, 2.24) is 15.7 Å². The lowest BCUT2D eigenvalue weighted by Crippen LogP contribution is -2.69. The van der Waals surface area contributed by atoms with E-state index in [0.29, 0.717) is 18.4 Å². The van der Waals surface area contributed by atoms with Crippen molar-refractivity contribution in [2.45, 2.75) is 186 Å². The molecule has 4 aliphatic heterocycles. The molecule has 1 saturated carbocycles. The van der Waals surface area contributed by atoms with Crippen LogP contribution in [0.4, 0.5) is 0 Å². The van der Waals surface area contributed by atoms with Crippen LogP contribution in [0.2, 0.25) is 0 Å². The first kappa shape index (κ1) is 50.0. The van der Waals surface area contributed by atoms with Crippen LogP contribution in [0.3, 0.4) is 0 Å². The molecular weight excluding hydrogens is 843 g/mol. The van der Waals surface area contributed by atoms with E-state index in [9.17, 15) is 33.9 Å². The number of esters is 4. The van der Waals surface area contributed by atoms with Crippen molar-refractivity contribution in [2.75, 3.05) is 19.8 Å². The van der Waals surface area contributed by atoms with Crippen LogP contribution in [-0.4, -0.2) is 120 Å². The Morgan fingerprint density at radius 3 is 2.25 bits per heavy atom. The van der Waals surface area contributed by atoms with Gasteiger partial charge in [-0.25, -0.2) is 9.59 Å². The number of unbranched alkanes of at least 4 members (excludes halogenated alkanes) is 4. The number of nitrogens with one attached hydrogen (secondary N) is 2. The molecule has 17 heteroatoms. The smallest absolute Gasteiger partial charge is 0.348 e. The average Bonchev–Trinajstić information content (AvgIpc) is 3.88. The van der Waals surface area contributed by atoms with E-state index >= 15 is 0 Å². The molecule has 0 radical (unpaired) electrons. The number of amides is 2. The van der Waals surface area contributed by atoms with Crippen molar-refractivity contribution in [3.05, 3.63) is 41.5 Å². The average molecular weight is 912 g/mol. The van der Waals surface area contributed by atoms with Crippen LogP contribution in [-0.2, 0) is 68.6 Å². The number of hydroxylamine groups is 2. The molecule has 3 N–H and O–H groups in total. The molecular formula is C48H69N3O14. The molecule has 65 heavy (non-hydrogen) atoms. The number of benzene rings is 1. The van der Waals surface area contributed by atoms with Crippen LogP contribution < -0.4 is 10.6 Å². The quantitative estimate of drug-likeness (QED) is 0.0620. The predicted octanol–water partition coefficient (Wildman–Crippen LogP) is 4.74. The summed E-state index contributed by atoms with van der Waals surface area (Å²) in [4.78, 5) is 85.8. The summed E-state index contributed by atoms with van der Waals surface area (Å²) in [7, 11) is 0. The summed E-state index contributed by atoms with van der Waals surface area (Å²) in [6.07, 6.45) is 5.86. The van der Waals surface area contributed by atoms with E-state index in [1.165, 1.54) is 11.1 Å². The topological polar surface area (TPSA) is 215 Å². The van der Waals surface area contributed by atoms with E-state index in [2.05, 4.69) is 24.5 Å². The minimum atomic E-state index is -1.46. The summed E-state index contributed by atoms with van der Waals surface area (Å²) >= 11 is 0. The lowest BCUT2D eigenvalue weighted by atomic mass is 9.62. The standard InChI is InChI=1S/C48H69N3O14/c1-8-10-12-23-47(24-13-11-9-2)63-37-33-26-48(44(58)49-25-22-34(53)50-32(28-52)19-21-36(55)62-45(3,4)5)39(42(56)60-33)51(65-40(48)38(37)64-47)27-31-16-14-30(15-17-31)18-20-35(54)61-41-43(57)59-29-46(41,6)7/h14-18,20,32-33,37-41,52H,8-13,19,21-29H2,1-7H3,(H,49,58)(H,50,53)/t32-,33?,37-,38-,39-,40+,41-,48?/m0/s1. The third kappa shape index (κ3) is 11.8. The van der Waals surface area contributed by atoms with Gasteiger partial charge in [-0.2, -0.15) is 5.06 Å². The van der Waals surface area contributed by atoms with E-state index < -0.39 is 101 Å². The fourth-order valence-electron chi connectivity index (χ4n) is 9.51. The Bertz CT molecular complexity index is 1900. The molecule has 1 aromatic rings. The summed E-state index contributed by atoms with van der Waals surface area (Å²) in [5.74, 6) is -4.19. The Kier molecular flexibility index (Phi) is 16.2. The number of hydrogen-bond donors (Lipinski definition) is 3. The monoisotopic (exact) mass is 911 g/mol. The minimum absolute atomic E-state index is 0.00226. The molecule has 4 heterocycles. The molecule has 0 aromatic heterocycles. The van der Waals surface area contributed by atoms with Crippen molar-refractivity contribution in [1.29, 1.82) is 0 Å². The number of nitrogens with zero attached hydrogens (tertiary/aromatic N) is 1. The second kappa shape index (κ2) is 21.0. The molecule has 360 valence electrons. The van der Waals surface area contributed by atoms with Gasteiger partial charge in [0.25, 0.3) is 0 Å². The molecule has 5 aliphatic rings. The number of rotatable bonds is 22. The van der Waals surface area contributed by atoms with E-state index in [0.717, 1.165) is 44.1 Å². The van der Waals surface area contributed by atoms with Crippen LogP contribution >= 0.6 is 0 Å². The van der Waals surface area contributed by atoms with E-state index in [4.69, 9.17) is 33.3 Å². The highest BCUT2D eigenvalue weighted by Gasteiger charge is 2.76. The van der Waals surface area contributed by atoms with Crippen molar-refractivity contribution in [3.63, 3.8) is 0 Å². The van der Waals surface area contributed by atoms with Gasteiger partial charge in [0.1, 0.15) is 42.0 Å². The SMILES string of the molecule is CCCCCC1(CCCCC)O[C@@H]2[C@H]3ON(Cc4ccc(C=CC(=O)O[C@H]5C(=O)OCC5(C)C)cc4)[C@H]4C(=O)OC(CC34C(=O)NCCC(=O)N[C@H](CO)CCC(=O)OC(C)(C)C)[C@@H]2O1. The number of ether oxygens (including phenoxy) is 6. The number of carbonyl (C=O) groups is 6. The van der Waals surface area contributed by atoms with Gasteiger partial charge in [-0.3, -0.25) is 24.0 Å². The van der Waals surface area contributed by atoms with Gasteiger partial charge in [0.15, 0.2) is 11.8 Å². The third-order valence-electron chi connectivity index (χ3n) is 12.8. The Balaban J connectivity index is 1.18. The molecule has 0 spiro atoms. The van der Waals surface area contributed by atoms with Gasteiger partial charge in [0, 0.05) is 50.1 Å². The van der Waals surface area contributed by atoms with Gasteiger partial charge in [-0.15, -0.1) is 0 Å². The fourth-order valence-corrected chi connectivity index (χ4v) is 9.51. The van der Waals surface area contributed by atoms with Gasteiger partial charge in [-0.05, 0) is 57.2 Å². The Morgan fingerprint density at radius 1 is 0.954 bits per heavy atom. The summed E-state index contributed by atoms with van der Waals surface area (Å²) in [5, 5.41) is 17.1. The van der Waals surface area contributed by atoms with Crippen molar-refractivity contribution < 1.29 is 67.1 Å². The van der Waals surface area contributed by atoms with Gasteiger partial charge in [-0.1, -0.05) is 77.6 Å². The lowest BCUT2D eigenvalue weighted by Gasteiger charge is -2.48. The highest BCUT2D eigenvalue weighted by molar-refractivity contribution is 5.94. The summed E-state index contributed by atoms with van der Waals surface area (Å²) in [6, 6.07) is 5.33. The van der Waals surface area contributed by atoms with E-state index in [1.807, 2.05) is 12.1 Å². The normalized spacial score (nSPS) is 28.0. The van der Waals surface area contributed by atoms with Crippen molar-refractivity contribution >= 4 is 41.8 Å². The second-order valence-electron chi connectivity index (χ2n) is 19.8. The van der Waals surface area contributed by atoms with Gasteiger partial charge in [0.2, 0.25) is 17.9 Å². The first-order valence-corrected chi connectivity index (χ1v) is 23.4. The molecule has 1 aromatic carbocycles. The zero-order chi connectivity index (χ0) is 47.2. The number of cyclic esters (lactones) is 1. The molecule has 2 amide bonds.